The number of aryl methyl sites for hydroxylation is 1. The molecule has 34 heavy (non-hydrogen) atoms. The van der Waals surface area contributed by atoms with Crippen LogP contribution in [0.1, 0.15) is 22.5 Å². The summed E-state index contributed by atoms with van der Waals surface area (Å²) in [6, 6.07) is 15.5. The van der Waals surface area contributed by atoms with E-state index in [-0.39, 0.29) is 6.61 Å². The molecular weight excluding hydrogens is 430 g/mol. The molecule has 0 aliphatic rings. The third kappa shape index (κ3) is 3.85. The van der Waals surface area contributed by atoms with Crippen molar-refractivity contribution in [3.63, 3.8) is 0 Å². The van der Waals surface area contributed by atoms with E-state index in [1.165, 1.54) is 0 Å². The molecule has 168 valence electrons. The minimum absolute atomic E-state index is 0.0124. The Labute approximate surface area is 195 Å². The Kier molecular flexibility index (Phi) is 5.45. The van der Waals surface area contributed by atoms with Crippen LogP contribution in [0.15, 0.2) is 48.8 Å². The van der Waals surface area contributed by atoms with Crippen LogP contribution in [-0.2, 0) is 6.42 Å². The predicted molar refractivity (Wildman–Crippen MR) is 127 cm³/mol. The lowest BCUT2D eigenvalue weighted by atomic mass is 10.0. The van der Waals surface area contributed by atoms with Crippen LogP contribution in [0.4, 0.5) is 11.5 Å². The molecule has 0 spiro atoms. The van der Waals surface area contributed by atoms with Crippen LogP contribution < -0.4 is 5.32 Å². The SMILES string of the molecule is Cc1ccc(Nc2ccc3c(c2)ncn3-c2ccc(CCO)c(-c3[nH]nc(C#N)c3C)n2)nn1. The van der Waals surface area contributed by atoms with Crippen molar-refractivity contribution in [1.29, 1.82) is 5.26 Å². The van der Waals surface area contributed by atoms with Gasteiger partial charge in [-0.25, -0.2) is 9.97 Å². The Morgan fingerprint density at radius 3 is 2.74 bits per heavy atom. The number of aliphatic hydroxyl groups excluding tert-OH is 1. The number of pyridine rings is 1. The van der Waals surface area contributed by atoms with Gasteiger partial charge in [-0.05, 0) is 62.2 Å². The molecule has 5 rings (SSSR count). The number of anilines is 2. The summed E-state index contributed by atoms with van der Waals surface area (Å²) >= 11 is 0. The molecule has 0 unspecified atom stereocenters. The van der Waals surface area contributed by atoms with Gasteiger partial charge in [-0.2, -0.15) is 15.5 Å². The number of fused-ring (bicyclic) bond motifs is 1. The molecule has 5 aromatic rings. The van der Waals surface area contributed by atoms with Crippen molar-refractivity contribution in [2.45, 2.75) is 20.3 Å². The molecule has 0 saturated heterocycles. The number of benzene rings is 1. The Morgan fingerprint density at radius 1 is 1.12 bits per heavy atom. The Morgan fingerprint density at radius 2 is 2.00 bits per heavy atom. The van der Waals surface area contributed by atoms with Gasteiger partial charge in [0.1, 0.15) is 18.2 Å². The van der Waals surface area contributed by atoms with Crippen molar-refractivity contribution in [2.75, 3.05) is 11.9 Å². The van der Waals surface area contributed by atoms with Gasteiger partial charge in [0.05, 0.1) is 28.1 Å². The lowest BCUT2D eigenvalue weighted by Crippen LogP contribution is -2.03. The van der Waals surface area contributed by atoms with Gasteiger partial charge >= 0.3 is 0 Å². The molecule has 10 nitrogen and oxygen atoms in total. The number of rotatable bonds is 6. The summed E-state index contributed by atoms with van der Waals surface area (Å²) in [4.78, 5) is 9.41. The first-order chi connectivity index (χ1) is 16.6. The summed E-state index contributed by atoms with van der Waals surface area (Å²) in [6.45, 7) is 3.71. The second-order valence-electron chi connectivity index (χ2n) is 7.84. The molecule has 0 aliphatic heterocycles. The number of aliphatic hydroxyl groups is 1. The zero-order valence-electron chi connectivity index (χ0n) is 18.6. The van der Waals surface area contributed by atoms with Crippen LogP contribution >= 0.6 is 0 Å². The van der Waals surface area contributed by atoms with Crippen molar-refractivity contribution in [3.8, 4) is 23.3 Å². The molecule has 0 atom stereocenters. The van der Waals surface area contributed by atoms with Gasteiger partial charge in [-0.3, -0.25) is 9.67 Å². The smallest absolute Gasteiger partial charge is 0.165 e. The first-order valence-electron chi connectivity index (χ1n) is 10.7. The normalized spacial score (nSPS) is 11.0. The highest BCUT2D eigenvalue weighted by atomic mass is 16.2. The summed E-state index contributed by atoms with van der Waals surface area (Å²) in [5.41, 5.74) is 6.59. The van der Waals surface area contributed by atoms with Crippen LogP contribution in [-0.4, -0.2) is 46.6 Å². The van der Waals surface area contributed by atoms with Crippen molar-refractivity contribution < 1.29 is 5.11 Å². The maximum atomic E-state index is 9.52. The van der Waals surface area contributed by atoms with E-state index in [1.54, 1.807) is 6.33 Å². The van der Waals surface area contributed by atoms with E-state index >= 15 is 0 Å². The van der Waals surface area contributed by atoms with E-state index in [1.807, 2.05) is 60.9 Å². The molecule has 0 amide bonds. The summed E-state index contributed by atoms with van der Waals surface area (Å²) in [7, 11) is 0. The Bertz CT molecular complexity index is 1530. The fourth-order valence-corrected chi connectivity index (χ4v) is 3.77. The third-order valence-electron chi connectivity index (χ3n) is 5.56. The molecular formula is C24H21N9O. The lowest BCUT2D eigenvalue weighted by Gasteiger charge is -2.11. The summed E-state index contributed by atoms with van der Waals surface area (Å²) in [5.74, 6) is 1.32. The van der Waals surface area contributed by atoms with E-state index in [9.17, 15) is 10.4 Å². The number of aromatic amines is 1. The van der Waals surface area contributed by atoms with Crippen molar-refractivity contribution in [2.24, 2.45) is 0 Å². The second kappa shape index (κ2) is 8.73. The maximum absolute atomic E-state index is 9.52. The maximum Gasteiger partial charge on any atom is 0.165 e. The first kappa shape index (κ1) is 21.2. The number of hydrogen-bond donors (Lipinski definition) is 3. The van der Waals surface area contributed by atoms with Crippen molar-refractivity contribution in [1.82, 2.24) is 34.9 Å². The topological polar surface area (TPSA) is 141 Å². The fraction of sp³-hybridized carbons (Fsp3) is 0.167. The quantitative estimate of drug-likeness (QED) is 0.357. The molecule has 4 heterocycles. The molecule has 1 aromatic carbocycles. The van der Waals surface area contributed by atoms with E-state index in [2.05, 4.69) is 36.8 Å². The lowest BCUT2D eigenvalue weighted by molar-refractivity contribution is 0.299. The molecule has 4 aromatic heterocycles. The van der Waals surface area contributed by atoms with Gasteiger partial charge in [0.25, 0.3) is 0 Å². The van der Waals surface area contributed by atoms with E-state index in [0.29, 0.717) is 35.1 Å². The average molecular weight is 451 g/mol. The number of nitrogens with one attached hydrogen (secondary N) is 2. The second-order valence-corrected chi connectivity index (χ2v) is 7.84. The zero-order chi connectivity index (χ0) is 23.7. The van der Waals surface area contributed by atoms with E-state index in [0.717, 1.165) is 33.5 Å². The van der Waals surface area contributed by atoms with Gasteiger partial charge in [-0.1, -0.05) is 6.07 Å². The minimum atomic E-state index is -0.0124. The van der Waals surface area contributed by atoms with Gasteiger partial charge in [0.15, 0.2) is 11.5 Å². The molecule has 0 saturated carbocycles. The van der Waals surface area contributed by atoms with Gasteiger partial charge in [0, 0.05) is 17.9 Å². The van der Waals surface area contributed by atoms with Crippen LogP contribution in [0, 0.1) is 25.2 Å². The molecule has 0 fully saturated rings. The minimum Gasteiger partial charge on any atom is -0.396 e. The first-order valence-corrected chi connectivity index (χ1v) is 10.7. The highest BCUT2D eigenvalue weighted by Crippen LogP contribution is 2.28. The number of aromatic nitrogens is 7. The average Bonchev–Trinajstić information content (AvgIpc) is 3.44. The van der Waals surface area contributed by atoms with Crippen molar-refractivity contribution in [3.05, 3.63) is 71.3 Å². The standard InChI is InChI=1S/C24H21N9O/c1-14-3-7-21(31-29-14)27-17-5-6-20-18(11-17)26-13-33(20)22-8-4-16(9-10-34)24(28-22)23-15(2)19(12-25)30-32-23/h3-8,11,13,34H,9-10H2,1-2H3,(H,27,31)(H,30,32). The van der Waals surface area contributed by atoms with Gasteiger partial charge in [0.2, 0.25) is 0 Å². The summed E-state index contributed by atoms with van der Waals surface area (Å²) in [6.07, 6.45) is 2.16. The van der Waals surface area contributed by atoms with Gasteiger partial charge in [-0.15, -0.1) is 5.10 Å². The molecule has 0 bridgehead atoms. The van der Waals surface area contributed by atoms with E-state index < -0.39 is 0 Å². The van der Waals surface area contributed by atoms with E-state index in [4.69, 9.17) is 4.98 Å². The van der Waals surface area contributed by atoms with Crippen LogP contribution in [0.2, 0.25) is 0 Å². The summed E-state index contributed by atoms with van der Waals surface area (Å²) < 4.78 is 1.90. The zero-order valence-corrected chi connectivity index (χ0v) is 18.6. The van der Waals surface area contributed by atoms with Gasteiger partial charge < -0.3 is 10.4 Å². The van der Waals surface area contributed by atoms with Crippen LogP contribution in [0.25, 0.3) is 28.2 Å². The Balaban J connectivity index is 1.53. The number of H-pyrrole nitrogens is 1. The molecule has 10 heteroatoms. The third-order valence-corrected chi connectivity index (χ3v) is 5.56. The molecule has 0 aliphatic carbocycles. The monoisotopic (exact) mass is 451 g/mol. The molecule has 3 N–H and O–H groups in total. The van der Waals surface area contributed by atoms with Crippen LogP contribution in [0.5, 0.6) is 0 Å². The summed E-state index contributed by atoms with van der Waals surface area (Å²) in [5, 5.41) is 37.2. The Hall–Kier alpha value is -4.62. The highest BCUT2D eigenvalue weighted by Gasteiger charge is 2.17. The fourth-order valence-electron chi connectivity index (χ4n) is 3.77. The predicted octanol–water partition coefficient (Wildman–Crippen LogP) is 3.37. The number of hydrogen-bond acceptors (Lipinski definition) is 8. The number of imidazole rings is 1. The number of nitriles is 1. The van der Waals surface area contributed by atoms with Crippen LogP contribution in [0.3, 0.4) is 0 Å². The highest BCUT2D eigenvalue weighted by molar-refractivity contribution is 5.82. The largest absolute Gasteiger partial charge is 0.396 e. The number of nitrogens with zero attached hydrogens (tertiary/aromatic N) is 7. The molecule has 0 radical (unpaired) electrons. The van der Waals surface area contributed by atoms with Crippen molar-refractivity contribution >= 4 is 22.5 Å².